The number of ether oxygens (including phenoxy) is 2. The summed E-state index contributed by atoms with van der Waals surface area (Å²) in [4.78, 5) is 18.0. The topological polar surface area (TPSA) is 87.4 Å². The summed E-state index contributed by atoms with van der Waals surface area (Å²) in [5, 5.41) is 11.0. The lowest BCUT2D eigenvalue weighted by Gasteiger charge is -2.10. The third-order valence-electron chi connectivity index (χ3n) is 2.60. The van der Waals surface area contributed by atoms with Crippen LogP contribution >= 0.6 is 11.6 Å². The van der Waals surface area contributed by atoms with Gasteiger partial charge in [0.05, 0.1) is 24.7 Å². The molecule has 1 heterocycles. The molecule has 0 bridgehead atoms. The van der Waals surface area contributed by atoms with Gasteiger partial charge in [-0.2, -0.15) is 0 Å². The van der Waals surface area contributed by atoms with E-state index in [4.69, 9.17) is 21.1 Å². The number of nitrogens with zero attached hydrogens (tertiary/aromatic N) is 3. The molecule has 0 fully saturated rings. The zero-order valence-corrected chi connectivity index (χ0v) is 11.4. The molecule has 1 aromatic heterocycles. The van der Waals surface area contributed by atoms with Crippen molar-refractivity contribution in [2.45, 2.75) is 0 Å². The van der Waals surface area contributed by atoms with Crippen LogP contribution in [0.5, 0.6) is 11.5 Å². The first-order valence-corrected chi connectivity index (χ1v) is 5.84. The van der Waals surface area contributed by atoms with Crippen LogP contribution in [0.15, 0.2) is 24.4 Å². The predicted octanol–water partition coefficient (Wildman–Crippen LogP) is 2.72. The largest absolute Gasteiger partial charge is 0.497 e. The van der Waals surface area contributed by atoms with Gasteiger partial charge in [-0.25, -0.2) is 9.97 Å². The molecule has 8 heteroatoms. The van der Waals surface area contributed by atoms with Crippen LogP contribution in [-0.4, -0.2) is 29.1 Å². The monoisotopic (exact) mass is 295 g/mol. The standard InChI is InChI=1S/C12H10ClN3O4/c1-19-7-3-4-10(20-2)8(5-7)11-9(16(17)18)6-14-12(13)15-11/h3-6H,1-2H3. The Hall–Kier alpha value is -2.41. The first-order chi connectivity index (χ1) is 9.56. The van der Waals surface area contributed by atoms with Crippen LogP contribution in [0.25, 0.3) is 11.3 Å². The van der Waals surface area contributed by atoms with Gasteiger partial charge in [0, 0.05) is 0 Å². The SMILES string of the molecule is COc1ccc(OC)c(-c2nc(Cl)ncc2[N+](=O)[O-])c1. The zero-order valence-electron chi connectivity index (χ0n) is 10.7. The molecule has 2 aromatic rings. The molecule has 0 radical (unpaired) electrons. The van der Waals surface area contributed by atoms with E-state index in [-0.39, 0.29) is 16.7 Å². The Morgan fingerprint density at radius 2 is 2.05 bits per heavy atom. The number of halogens is 1. The summed E-state index contributed by atoms with van der Waals surface area (Å²) in [5.74, 6) is 0.938. The van der Waals surface area contributed by atoms with E-state index in [2.05, 4.69) is 9.97 Å². The first-order valence-electron chi connectivity index (χ1n) is 5.46. The summed E-state index contributed by atoms with van der Waals surface area (Å²) < 4.78 is 10.3. The molecule has 0 unspecified atom stereocenters. The van der Waals surface area contributed by atoms with Crippen molar-refractivity contribution in [3.63, 3.8) is 0 Å². The third kappa shape index (κ3) is 2.62. The molecule has 0 aliphatic carbocycles. The molecule has 0 amide bonds. The third-order valence-corrected chi connectivity index (χ3v) is 2.78. The van der Waals surface area contributed by atoms with Crippen molar-refractivity contribution >= 4 is 17.3 Å². The second-order valence-electron chi connectivity index (χ2n) is 3.70. The maximum absolute atomic E-state index is 11.1. The first kappa shape index (κ1) is 14.0. The van der Waals surface area contributed by atoms with Crippen LogP contribution in [0.4, 0.5) is 5.69 Å². The summed E-state index contributed by atoms with van der Waals surface area (Å²) >= 11 is 5.72. The van der Waals surface area contributed by atoms with Crippen molar-refractivity contribution in [3.05, 3.63) is 39.8 Å². The van der Waals surface area contributed by atoms with Gasteiger partial charge in [-0.05, 0) is 29.8 Å². The molecule has 0 aliphatic rings. The van der Waals surface area contributed by atoms with Gasteiger partial charge in [0.15, 0.2) is 5.69 Å². The molecule has 0 aliphatic heterocycles. The average Bonchev–Trinajstić information content (AvgIpc) is 2.46. The number of hydrogen-bond acceptors (Lipinski definition) is 6. The second-order valence-corrected chi connectivity index (χ2v) is 4.03. The summed E-state index contributed by atoms with van der Waals surface area (Å²) in [6.45, 7) is 0. The Bertz CT molecular complexity index is 663. The molecule has 0 spiro atoms. The molecular weight excluding hydrogens is 286 g/mol. The highest BCUT2D eigenvalue weighted by Crippen LogP contribution is 2.37. The van der Waals surface area contributed by atoms with Crippen LogP contribution in [0.2, 0.25) is 5.28 Å². The minimum Gasteiger partial charge on any atom is -0.497 e. The van der Waals surface area contributed by atoms with Crippen molar-refractivity contribution in [1.82, 2.24) is 9.97 Å². The Kier molecular flexibility index (Phi) is 3.99. The number of benzene rings is 1. The summed E-state index contributed by atoms with van der Waals surface area (Å²) in [7, 11) is 2.95. The highest BCUT2D eigenvalue weighted by molar-refractivity contribution is 6.28. The van der Waals surface area contributed by atoms with E-state index in [0.29, 0.717) is 17.1 Å². The fraction of sp³-hybridized carbons (Fsp3) is 0.167. The van der Waals surface area contributed by atoms with Crippen LogP contribution in [0, 0.1) is 10.1 Å². The van der Waals surface area contributed by atoms with Crippen LogP contribution in [0.3, 0.4) is 0 Å². The zero-order chi connectivity index (χ0) is 14.7. The number of nitro groups is 1. The Morgan fingerprint density at radius 3 is 2.65 bits per heavy atom. The predicted molar refractivity (Wildman–Crippen MR) is 72.2 cm³/mol. The van der Waals surface area contributed by atoms with E-state index in [1.807, 2.05) is 0 Å². The van der Waals surface area contributed by atoms with E-state index >= 15 is 0 Å². The van der Waals surface area contributed by atoms with Gasteiger partial charge < -0.3 is 9.47 Å². The van der Waals surface area contributed by atoms with Gasteiger partial charge in [0.25, 0.3) is 0 Å². The molecule has 0 saturated carbocycles. The summed E-state index contributed by atoms with van der Waals surface area (Å²) in [6, 6.07) is 4.90. The van der Waals surface area contributed by atoms with Gasteiger partial charge in [0.1, 0.15) is 17.7 Å². The highest BCUT2D eigenvalue weighted by atomic mass is 35.5. The van der Waals surface area contributed by atoms with Gasteiger partial charge in [-0.3, -0.25) is 10.1 Å². The van der Waals surface area contributed by atoms with Crippen LogP contribution < -0.4 is 9.47 Å². The van der Waals surface area contributed by atoms with Crippen molar-refractivity contribution < 1.29 is 14.4 Å². The van der Waals surface area contributed by atoms with Crippen molar-refractivity contribution in [2.75, 3.05) is 14.2 Å². The van der Waals surface area contributed by atoms with Gasteiger partial charge in [0.2, 0.25) is 5.28 Å². The number of methoxy groups -OCH3 is 2. The van der Waals surface area contributed by atoms with Gasteiger partial charge in [-0.1, -0.05) is 0 Å². The number of rotatable bonds is 4. The molecule has 7 nitrogen and oxygen atoms in total. The lowest BCUT2D eigenvalue weighted by molar-refractivity contribution is -0.384. The van der Waals surface area contributed by atoms with Crippen molar-refractivity contribution in [1.29, 1.82) is 0 Å². The normalized spacial score (nSPS) is 10.2. The highest BCUT2D eigenvalue weighted by Gasteiger charge is 2.22. The van der Waals surface area contributed by atoms with Gasteiger partial charge >= 0.3 is 5.69 Å². The molecule has 1 aromatic carbocycles. The van der Waals surface area contributed by atoms with E-state index in [9.17, 15) is 10.1 Å². The maximum Gasteiger partial charge on any atom is 0.313 e. The molecule has 0 saturated heterocycles. The lowest BCUT2D eigenvalue weighted by Crippen LogP contribution is -1.99. The Morgan fingerprint density at radius 1 is 1.30 bits per heavy atom. The van der Waals surface area contributed by atoms with Crippen molar-refractivity contribution in [2.24, 2.45) is 0 Å². The van der Waals surface area contributed by atoms with Crippen LogP contribution in [-0.2, 0) is 0 Å². The molecule has 0 atom stereocenters. The summed E-state index contributed by atoms with van der Waals surface area (Å²) in [5.41, 5.74) is 0.217. The Balaban J connectivity index is 2.72. The number of hydrogen-bond donors (Lipinski definition) is 0. The second kappa shape index (κ2) is 5.70. The average molecular weight is 296 g/mol. The van der Waals surface area contributed by atoms with E-state index < -0.39 is 4.92 Å². The lowest BCUT2D eigenvalue weighted by atomic mass is 10.1. The van der Waals surface area contributed by atoms with Gasteiger partial charge in [-0.15, -0.1) is 0 Å². The quantitative estimate of drug-likeness (QED) is 0.489. The Labute approximate surface area is 119 Å². The minimum absolute atomic E-state index is 0.0748. The van der Waals surface area contributed by atoms with Crippen LogP contribution in [0.1, 0.15) is 0 Å². The van der Waals surface area contributed by atoms with E-state index in [1.165, 1.54) is 14.2 Å². The number of aromatic nitrogens is 2. The van der Waals surface area contributed by atoms with E-state index in [0.717, 1.165) is 6.20 Å². The molecule has 0 N–H and O–H groups in total. The molecule has 104 valence electrons. The maximum atomic E-state index is 11.1. The molecule has 20 heavy (non-hydrogen) atoms. The minimum atomic E-state index is -0.579. The van der Waals surface area contributed by atoms with E-state index in [1.54, 1.807) is 18.2 Å². The fourth-order valence-electron chi connectivity index (χ4n) is 1.68. The summed E-state index contributed by atoms with van der Waals surface area (Å²) in [6.07, 6.45) is 1.06. The molecule has 2 rings (SSSR count). The fourth-order valence-corrected chi connectivity index (χ4v) is 1.82. The smallest absolute Gasteiger partial charge is 0.313 e. The molecular formula is C12H10ClN3O4. The van der Waals surface area contributed by atoms with Crippen molar-refractivity contribution in [3.8, 4) is 22.8 Å².